The summed E-state index contributed by atoms with van der Waals surface area (Å²) in [5.74, 6) is 0.847. The number of nitrogens with zero attached hydrogens (tertiary/aromatic N) is 2. The number of hydrogen-bond donors (Lipinski definition) is 0. The number of carbonyl (C=O) groups is 1. The lowest BCUT2D eigenvalue weighted by molar-refractivity contribution is 0.195. The van der Waals surface area contributed by atoms with Crippen molar-refractivity contribution >= 4 is 15.9 Å². The largest absolute Gasteiger partial charge is 0.323 e. The van der Waals surface area contributed by atoms with Gasteiger partial charge in [-0.1, -0.05) is 42.5 Å². The standard InChI is InChI=1S/C19H26N2O3S/c1-15-18(17-8-4-3-5-9-17)21(19(22)20(15)2)12-6-7-16-10-13-25(23,24)14-11-16/h3-9,15-16,18H,10-14H2,1-2H3/b7-6+/t15-,18-/m0/s1. The van der Waals surface area contributed by atoms with Gasteiger partial charge in [0.15, 0.2) is 0 Å². The molecule has 5 nitrogen and oxygen atoms in total. The van der Waals surface area contributed by atoms with Crippen molar-refractivity contribution in [2.75, 3.05) is 25.1 Å². The van der Waals surface area contributed by atoms with Gasteiger partial charge in [0.25, 0.3) is 0 Å². The van der Waals surface area contributed by atoms with Crippen LogP contribution in [0.5, 0.6) is 0 Å². The number of urea groups is 1. The lowest BCUT2D eigenvalue weighted by Crippen LogP contribution is -2.31. The highest BCUT2D eigenvalue weighted by Crippen LogP contribution is 2.34. The molecule has 2 fully saturated rings. The third-order valence-corrected chi connectivity index (χ3v) is 7.12. The van der Waals surface area contributed by atoms with Crippen molar-refractivity contribution in [1.82, 2.24) is 9.80 Å². The summed E-state index contributed by atoms with van der Waals surface area (Å²) < 4.78 is 23.0. The van der Waals surface area contributed by atoms with Crippen molar-refractivity contribution in [3.05, 3.63) is 48.0 Å². The molecule has 25 heavy (non-hydrogen) atoms. The number of benzene rings is 1. The molecule has 136 valence electrons. The van der Waals surface area contributed by atoms with Gasteiger partial charge < -0.3 is 9.80 Å². The molecule has 0 aromatic heterocycles. The van der Waals surface area contributed by atoms with Crippen LogP contribution in [-0.4, -0.2) is 55.4 Å². The molecule has 0 spiro atoms. The number of amides is 2. The van der Waals surface area contributed by atoms with Crippen LogP contribution in [0.25, 0.3) is 0 Å². The molecule has 1 aromatic rings. The van der Waals surface area contributed by atoms with E-state index in [2.05, 4.69) is 25.1 Å². The van der Waals surface area contributed by atoms with Crippen LogP contribution in [-0.2, 0) is 9.84 Å². The minimum Gasteiger partial charge on any atom is -0.323 e. The minimum absolute atomic E-state index is 0.0371. The Morgan fingerprint density at radius 2 is 1.80 bits per heavy atom. The summed E-state index contributed by atoms with van der Waals surface area (Å²) >= 11 is 0. The van der Waals surface area contributed by atoms with Crippen LogP contribution in [0.15, 0.2) is 42.5 Å². The van der Waals surface area contributed by atoms with Gasteiger partial charge in [0, 0.05) is 13.6 Å². The van der Waals surface area contributed by atoms with Gasteiger partial charge in [0.1, 0.15) is 9.84 Å². The SMILES string of the molecule is C[C@H]1[C@@H](c2ccccc2)N(C/C=C/C2CCS(=O)(=O)CC2)C(=O)N1C. The van der Waals surface area contributed by atoms with E-state index in [-0.39, 0.29) is 29.6 Å². The molecule has 0 unspecified atom stereocenters. The maximum Gasteiger partial charge on any atom is 0.320 e. The quantitative estimate of drug-likeness (QED) is 0.774. The maximum atomic E-state index is 12.6. The average molecular weight is 362 g/mol. The van der Waals surface area contributed by atoms with E-state index < -0.39 is 9.84 Å². The predicted octanol–water partition coefficient (Wildman–Crippen LogP) is 2.86. The summed E-state index contributed by atoms with van der Waals surface area (Å²) in [5.41, 5.74) is 1.14. The van der Waals surface area contributed by atoms with Crippen LogP contribution in [0.1, 0.15) is 31.4 Å². The molecule has 1 aromatic carbocycles. The fraction of sp³-hybridized carbons (Fsp3) is 0.526. The van der Waals surface area contributed by atoms with Gasteiger partial charge in [-0.25, -0.2) is 13.2 Å². The van der Waals surface area contributed by atoms with E-state index in [0.717, 1.165) is 5.56 Å². The summed E-state index contributed by atoms with van der Waals surface area (Å²) in [7, 11) is -0.984. The molecule has 2 atom stereocenters. The Morgan fingerprint density at radius 3 is 2.44 bits per heavy atom. The van der Waals surface area contributed by atoms with Gasteiger partial charge in [-0.05, 0) is 31.2 Å². The fourth-order valence-corrected chi connectivity index (χ4v) is 5.26. The van der Waals surface area contributed by atoms with Crippen LogP contribution >= 0.6 is 0 Å². The summed E-state index contributed by atoms with van der Waals surface area (Å²) in [5, 5.41) is 0. The summed E-state index contributed by atoms with van der Waals surface area (Å²) in [6.07, 6.45) is 5.49. The normalized spacial score (nSPS) is 27.4. The van der Waals surface area contributed by atoms with Gasteiger partial charge in [-0.3, -0.25) is 0 Å². The van der Waals surface area contributed by atoms with Crippen molar-refractivity contribution in [2.45, 2.75) is 31.8 Å². The van der Waals surface area contributed by atoms with Gasteiger partial charge in [0.05, 0.1) is 23.6 Å². The Kier molecular flexibility index (Phi) is 5.18. The molecule has 2 amide bonds. The molecule has 0 bridgehead atoms. The average Bonchev–Trinajstić information content (AvgIpc) is 2.81. The molecular weight excluding hydrogens is 336 g/mol. The van der Waals surface area contributed by atoms with Gasteiger partial charge in [-0.15, -0.1) is 0 Å². The predicted molar refractivity (Wildman–Crippen MR) is 99.0 cm³/mol. The highest BCUT2D eigenvalue weighted by molar-refractivity contribution is 7.91. The monoisotopic (exact) mass is 362 g/mol. The fourth-order valence-electron chi connectivity index (χ4n) is 3.74. The van der Waals surface area contributed by atoms with Crippen LogP contribution in [0.2, 0.25) is 0 Å². The van der Waals surface area contributed by atoms with Crippen LogP contribution < -0.4 is 0 Å². The second-order valence-electron chi connectivity index (χ2n) is 7.06. The second kappa shape index (κ2) is 7.20. The van der Waals surface area contributed by atoms with Gasteiger partial charge >= 0.3 is 6.03 Å². The second-order valence-corrected chi connectivity index (χ2v) is 9.36. The maximum absolute atomic E-state index is 12.6. The van der Waals surface area contributed by atoms with Crippen LogP contribution in [0.3, 0.4) is 0 Å². The molecular formula is C19H26N2O3S. The highest BCUT2D eigenvalue weighted by atomic mass is 32.2. The first-order valence-electron chi connectivity index (χ1n) is 8.84. The van der Waals surface area contributed by atoms with Gasteiger partial charge in [-0.2, -0.15) is 0 Å². The molecule has 2 saturated heterocycles. The van der Waals surface area contributed by atoms with Crippen molar-refractivity contribution in [3.8, 4) is 0 Å². The van der Waals surface area contributed by atoms with E-state index in [9.17, 15) is 13.2 Å². The Labute approximate surface area is 150 Å². The minimum atomic E-state index is -2.83. The zero-order valence-corrected chi connectivity index (χ0v) is 15.7. The third-order valence-electron chi connectivity index (χ3n) is 5.40. The molecule has 3 rings (SSSR count). The Balaban J connectivity index is 1.69. The number of sulfone groups is 1. The van der Waals surface area contributed by atoms with Crippen molar-refractivity contribution < 1.29 is 13.2 Å². The molecule has 6 heteroatoms. The molecule has 0 N–H and O–H groups in total. The molecule has 2 heterocycles. The van der Waals surface area contributed by atoms with E-state index in [4.69, 9.17) is 0 Å². The first kappa shape index (κ1) is 18.0. The first-order chi connectivity index (χ1) is 11.9. The van der Waals surface area contributed by atoms with E-state index in [1.807, 2.05) is 36.2 Å². The highest BCUT2D eigenvalue weighted by Gasteiger charge is 2.41. The lowest BCUT2D eigenvalue weighted by Gasteiger charge is -2.25. The first-order valence-corrected chi connectivity index (χ1v) is 10.7. The van der Waals surface area contributed by atoms with E-state index in [1.54, 1.807) is 4.90 Å². The molecule has 2 aliphatic heterocycles. The number of likely N-dealkylation sites (N-methyl/N-ethyl adjacent to an activating group) is 1. The molecule has 0 radical (unpaired) electrons. The van der Waals surface area contributed by atoms with E-state index >= 15 is 0 Å². The van der Waals surface area contributed by atoms with Crippen LogP contribution in [0, 0.1) is 5.92 Å². The van der Waals surface area contributed by atoms with E-state index in [1.165, 1.54) is 0 Å². The van der Waals surface area contributed by atoms with Crippen molar-refractivity contribution in [2.24, 2.45) is 5.92 Å². The molecule has 2 aliphatic rings. The molecule has 0 saturated carbocycles. The lowest BCUT2D eigenvalue weighted by atomic mass is 10.00. The third kappa shape index (κ3) is 3.89. The summed E-state index contributed by atoms with van der Waals surface area (Å²) in [6, 6.07) is 10.3. The Hall–Kier alpha value is -1.82. The number of rotatable bonds is 4. The van der Waals surface area contributed by atoms with Gasteiger partial charge in [0.2, 0.25) is 0 Å². The topological polar surface area (TPSA) is 57.7 Å². The summed E-state index contributed by atoms with van der Waals surface area (Å²) in [6.45, 7) is 2.63. The van der Waals surface area contributed by atoms with E-state index in [0.29, 0.717) is 25.3 Å². The van der Waals surface area contributed by atoms with Crippen molar-refractivity contribution in [3.63, 3.8) is 0 Å². The number of allylic oxidation sites excluding steroid dienone is 1. The van der Waals surface area contributed by atoms with Crippen molar-refractivity contribution in [1.29, 1.82) is 0 Å². The zero-order valence-electron chi connectivity index (χ0n) is 14.8. The van der Waals surface area contributed by atoms with Crippen LogP contribution in [0.4, 0.5) is 4.79 Å². The Bertz CT molecular complexity index is 731. The number of carbonyl (C=O) groups excluding carboxylic acids is 1. The number of hydrogen-bond acceptors (Lipinski definition) is 3. The Morgan fingerprint density at radius 1 is 1.16 bits per heavy atom. The molecule has 0 aliphatic carbocycles. The smallest absolute Gasteiger partial charge is 0.320 e. The zero-order chi connectivity index (χ0) is 18.0. The summed E-state index contributed by atoms with van der Waals surface area (Å²) in [4.78, 5) is 16.3.